The minimum Gasteiger partial charge on any atom is -0.457 e. The van der Waals surface area contributed by atoms with Crippen LogP contribution >= 0.6 is 31.9 Å². The van der Waals surface area contributed by atoms with Crippen molar-refractivity contribution in [1.82, 2.24) is 0 Å². The third-order valence-corrected chi connectivity index (χ3v) is 3.44. The van der Waals surface area contributed by atoms with Crippen LogP contribution in [0.2, 0.25) is 0 Å². The molecule has 0 aromatic heterocycles. The lowest BCUT2D eigenvalue weighted by molar-refractivity contribution is 0.102. The van der Waals surface area contributed by atoms with E-state index >= 15 is 0 Å². The number of halogens is 2. The third kappa shape index (κ3) is 4.05. The van der Waals surface area contributed by atoms with Crippen molar-refractivity contribution in [2.24, 2.45) is 0 Å². The van der Waals surface area contributed by atoms with Gasteiger partial charge in [0.1, 0.15) is 11.5 Å². The lowest BCUT2D eigenvalue weighted by atomic mass is 10.1. The first kappa shape index (κ1) is 15.0. The van der Waals surface area contributed by atoms with Crippen LogP contribution in [0.5, 0.6) is 11.5 Å². The van der Waals surface area contributed by atoms with Gasteiger partial charge in [-0.15, -0.1) is 0 Å². The van der Waals surface area contributed by atoms with E-state index in [0.717, 1.165) is 11.3 Å². The lowest BCUT2D eigenvalue weighted by Gasteiger charge is -2.06. The van der Waals surface area contributed by atoms with Gasteiger partial charge in [-0.3, -0.25) is 4.79 Å². The quantitative estimate of drug-likeness (QED) is 0.498. The normalized spacial score (nSPS) is 10.7. The van der Waals surface area contributed by atoms with E-state index in [9.17, 15) is 4.79 Å². The Morgan fingerprint density at radius 3 is 2.05 bits per heavy atom. The van der Waals surface area contributed by atoms with Crippen LogP contribution in [0.1, 0.15) is 15.9 Å². The van der Waals surface area contributed by atoms with Crippen LogP contribution in [-0.4, -0.2) is 11.1 Å². The SMILES string of the molecule is O=C(CBr)c1ccc(Oc2ccc(C=CBr)cc2)cc1. The second-order valence-electron chi connectivity index (χ2n) is 4.04. The van der Waals surface area contributed by atoms with Gasteiger partial charge in [-0.1, -0.05) is 44.0 Å². The van der Waals surface area contributed by atoms with E-state index in [4.69, 9.17) is 4.74 Å². The van der Waals surface area contributed by atoms with E-state index in [2.05, 4.69) is 31.9 Å². The molecule has 4 heteroatoms. The molecule has 20 heavy (non-hydrogen) atoms. The lowest BCUT2D eigenvalue weighted by Crippen LogP contribution is -1.99. The van der Waals surface area contributed by atoms with Gasteiger partial charge in [0.15, 0.2) is 5.78 Å². The minimum absolute atomic E-state index is 0.0578. The Kier molecular flexibility index (Phi) is 5.56. The molecule has 2 rings (SSSR count). The van der Waals surface area contributed by atoms with Gasteiger partial charge in [0, 0.05) is 5.56 Å². The zero-order valence-corrected chi connectivity index (χ0v) is 13.7. The van der Waals surface area contributed by atoms with Crippen LogP contribution in [-0.2, 0) is 0 Å². The summed E-state index contributed by atoms with van der Waals surface area (Å²) < 4.78 is 5.72. The van der Waals surface area contributed by atoms with E-state index in [-0.39, 0.29) is 5.78 Å². The Balaban J connectivity index is 2.08. The van der Waals surface area contributed by atoms with Crippen LogP contribution in [0, 0.1) is 0 Å². The van der Waals surface area contributed by atoms with E-state index in [0.29, 0.717) is 16.6 Å². The average molecular weight is 396 g/mol. The van der Waals surface area contributed by atoms with Gasteiger partial charge < -0.3 is 4.74 Å². The van der Waals surface area contributed by atoms with Gasteiger partial charge in [0.05, 0.1) is 5.33 Å². The van der Waals surface area contributed by atoms with Crippen LogP contribution in [0.15, 0.2) is 53.5 Å². The van der Waals surface area contributed by atoms with E-state index in [1.807, 2.05) is 35.3 Å². The van der Waals surface area contributed by atoms with Crippen LogP contribution < -0.4 is 4.74 Å². The molecule has 0 spiro atoms. The molecule has 2 nitrogen and oxygen atoms in total. The highest BCUT2D eigenvalue weighted by molar-refractivity contribution is 9.11. The summed E-state index contributed by atoms with van der Waals surface area (Å²) in [6.45, 7) is 0. The molecule has 2 aromatic rings. The molecule has 0 N–H and O–H groups in total. The fourth-order valence-corrected chi connectivity index (χ4v) is 2.27. The van der Waals surface area contributed by atoms with Gasteiger partial charge in [0.2, 0.25) is 0 Å². The topological polar surface area (TPSA) is 26.3 Å². The number of hydrogen-bond acceptors (Lipinski definition) is 2. The number of benzene rings is 2. The number of carbonyl (C=O) groups is 1. The molecule has 0 heterocycles. The van der Waals surface area contributed by atoms with Crippen molar-refractivity contribution in [1.29, 1.82) is 0 Å². The molecule has 2 aromatic carbocycles. The van der Waals surface area contributed by atoms with Crippen molar-refractivity contribution in [2.45, 2.75) is 0 Å². The third-order valence-electron chi connectivity index (χ3n) is 2.67. The molecule has 0 aliphatic heterocycles. The highest BCUT2D eigenvalue weighted by Gasteiger charge is 2.04. The second-order valence-corrected chi connectivity index (χ2v) is 5.13. The smallest absolute Gasteiger partial charge is 0.173 e. The highest BCUT2D eigenvalue weighted by Crippen LogP contribution is 2.22. The Bertz CT molecular complexity index is 601. The Morgan fingerprint density at radius 1 is 1.00 bits per heavy atom. The standard InChI is InChI=1S/C16H12Br2O2/c17-10-9-12-1-5-14(6-2-12)20-15-7-3-13(4-8-15)16(19)11-18/h1-10H,11H2. The monoisotopic (exact) mass is 394 g/mol. The van der Waals surface area contributed by atoms with Crippen LogP contribution in [0.25, 0.3) is 6.08 Å². The maximum absolute atomic E-state index is 11.5. The fourth-order valence-electron chi connectivity index (χ4n) is 1.64. The summed E-state index contributed by atoms with van der Waals surface area (Å²) in [4.78, 5) is 13.3. The van der Waals surface area contributed by atoms with Gasteiger partial charge in [0.25, 0.3) is 0 Å². The summed E-state index contributed by atoms with van der Waals surface area (Å²) >= 11 is 6.39. The minimum atomic E-state index is 0.0578. The van der Waals surface area contributed by atoms with Crippen LogP contribution in [0.3, 0.4) is 0 Å². The summed E-state index contributed by atoms with van der Waals surface area (Å²) in [5.41, 5.74) is 1.76. The largest absolute Gasteiger partial charge is 0.457 e. The molecule has 0 fully saturated rings. The first-order chi connectivity index (χ1) is 9.72. The molecule has 0 atom stereocenters. The Labute approximate surface area is 134 Å². The number of hydrogen-bond donors (Lipinski definition) is 0. The van der Waals surface area contributed by atoms with Crippen molar-refractivity contribution in [2.75, 3.05) is 5.33 Å². The second kappa shape index (κ2) is 7.41. The predicted octanol–water partition coefficient (Wildman–Crippen LogP) is 5.42. The van der Waals surface area contributed by atoms with Gasteiger partial charge in [-0.2, -0.15) is 0 Å². The zero-order chi connectivity index (χ0) is 14.4. The van der Waals surface area contributed by atoms with Crippen molar-refractivity contribution in [3.05, 3.63) is 64.6 Å². The summed E-state index contributed by atoms with van der Waals surface area (Å²) in [7, 11) is 0. The van der Waals surface area contributed by atoms with Crippen molar-refractivity contribution in [3.63, 3.8) is 0 Å². The predicted molar refractivity (Wildman–Crippen MR) is 89.0 cm³/mol. The summed E-state index contributed by atoms with van der Waals surface area (Å²) in [6.07, 6.45) is 1.95. The Hall–Kier alpha value is -1.39. The molecule has 0 radical (unpaired) electrons. The van der Waals surface area contributed by atoms with Crippen molar-refractivity contribution in [3.8, 4) is 11.5 Å². The summed E-state index contributed by atoms with van der Waals surface area (Å²) in [6, 6.07) is 14.9. The molecule has 0 saturated carbocycles. The first-order valence-corrected chi connectivity index (χ1v) is 8.00. The first-order valence-electron chi connectivity index (χ1n) is 5.97. The van der Waals surface area contributed by atoms with Crippen molar-refractivity contribution < 1.29 is 9.53 Å². The molecule has 0 unspecified atom stereocenters. The van der Waals surface area contributed by atoms with Crippen LogP contribution in [0.4, 0.5) is 0 Å². The van der Waals surface area contributed by atoms with E-state index in [1.54, 1.807) is 24.3 Å². The molecule has 0 aliphatic rings. The molecular weight excluding hydrogens is 384 g/mol. The molecule has 0 saturated heterocycles. The molecule has 0 aliphatic carbocycles. The molecule has 0 amide bonds. The Morgan fingerprint density at radius 2 is 1.55 bits per heavy atom. The average Bonchev–Trinajstić information content (AvgIpc) is 2.49. The number of alkyl halides is 1. The number of ketones is 1. The summed E-state index contributed by atoms with van der Waals surface area (Å²) in [5.74, 6) is 1.53. The molecular formula is C16H12Br2O2. The van der Waals surface area contributed by atoms with E-state index < -0.39 is 0 Å². The van der Waals surface area contributed by atoms with Gasteiger partial charge >= 0.3 is 0 Å². The summed E-state index contributed by atoms with van der Waals surface area (Å²) in [5, 5.41) is 0.329. The molecule has 0 bridgehead atoms. The van der Waals surface area contributed by atoms with Crippen molar-refractivity contribution >= 4 is 43.7 Å². The maximum Gasteiger partial charge on any atom is 0.173 e. The maximum atomic E-state index is 11.5. The number of Topliss-reactive ketones (excluding diaryl/α,β-unsaturated/α-hetero) is 1. The number of ether oxygens (including phenoxy) is 1. The number of rotatable bonds is 5. The zero-order valence-electron chi connectivity index (χ0n) is 10.6. The fraction of sp³-hybridized carbons (Fsp3) is 0.0625. The molecule has 102 valence electrons. The van der Waals surface area contributed by atoms with E-state index in [1.165, 1.54) is 0 Å². The number of carbonyl (C=O) groups excluding carboxylic acids is 1. The van der Waals surface area contributed by atoms with Gasteiger partial charge in [-0.05, 0) is 53.0 Å². The highest BCUT2D eigenvalue weighted by atomic mass is 79.9. The van der Waals surface area contributed by atoms with Gasteiger partial charge in [-0.25, -0.2) is 0 Å².